The van der Waals surface area contributed by atoms with Crippen LogP contribution in [-0.4, -0.2) is 64.1 Å². The Balaban J connectivity index is 1.09. The number of hydrogen-bond acceptors (Lipinski definition) is 9. The molecule has 1 unspecified atom stereocenters. The van der Waals surface area contributed by atoms with Gasteiger partial charge < -0.3 is 14.4 Å². The number of carbonyl (C=O) groups is 1. The summed E-state index contributed by atoms with van der Waals surface area (Å²) in [6.45, 7) is 3.49. The van der Waals surface area contributed by atoms with Gasteiger partial charge in [-0.3, -0.25) is 14.7 Å². The molecule has 1 aliphatic carbocycles. The topological polar surface area (TPSA) is 104 Å². The van der Waals surface area contributed by atoms with E-state index in [1.165, 1.54) is 6.07 Å². The average molecular weight is 687 g/mol. The number of aromatic nitrogens is 3. The molecular weight excluding hydrogens is 650 g/mol. The van der Waals surface area contributed by atoms with Crippen molar-refractivity contribution in [1.29, 1.82) is 5.26 Å². The molecule has 2 aromatic heterocycles. The van der Waals surface area contributed by atoms with Crippen molar-refractivity contribution < 1.29 is 23.0 Å². The first-order valence-electron chi connectivity index (χ1n) is 17.8. The molecule has 4 fully saturated rings. The second-order valence-electron chi connectivity index (χ2n) is 14.4. The van der Waals surface area contributed by atoms with Crippen molar-refractivity contribution in [2.24, 2.45) is 17.8 Å². The van der Waals surface area contributed by atoms with Crippen LogP contribution in [0.4, 0.5) is 14.6 Å². The SMILES string of the molecule is N#Cc1ccccc1OC(=O)C1[C@@H]2CC[C@H]1CN(c1nc(OCC34CCCN3CCC4)nc3c(F)c(-c4cccc5cccc(F)c45)ncc13)C2. The van der Waals surface area contributed by atoms with Crippen molar-refractivity contribution >= 4 is 33.5 Å². The molecule has 11 heteroatoms. The van der Waals surface area contributed by atoms with Crippen molar-refractivity contribution in [1.82, 2.24) is 19.9 Å². The molecule has 5 heterocycles. The van der Waals surface area contributed by atoms with Gasteiger partial charge in [0, 0.05) is 30.2 Å². The largest absolute Gasteiger partial charge is 0.461 e. The molecule has 0 radical (unpaired) electrons. The van der Waals surface area contributed by atoms with Gasteiger partial charge in [-0.05, 0) is 87.0 Å². The molecule has 4 aliphatic rings. The first kappa shape index (κ1) is 31.7. The number of rotatable bonds is 7. The summed E-state index contributed by atoms with van der Waals surface area (Å²) in [5.74, 6) is -1.09. The molecule has 5 aromatic rings. The van der Waals surface area contributed by atoms with Gasteiger partial charge >= 0.3 is 12.0 Å². The summed E-state index contributed by atoms with van der Waals surface area (Å²) in [4.78, 5) is 32.3. The van der Waals surface area contributed by atoms with Crippen LogP contribution in [0.3, 0.4) is 0 Å². The molecule has 0 N–H and O–H groups in total. The Bertz CT molecular complexity index is 2210. The van der Waals surface area contributed by atoms with E-state index in [1.807, 2.05) is 0 Å². The van der Waals surface area contributed by atoms with Gasteiger partial charge in [0.1, 0.15) is 41.3 Å². The van der Waals surface area contributed by atoms with Gasteiger partial charge in [0.15, 0.2) is 5.82 Å². The Morgan fingerprint density at radius 3 is 2.47 bits per heavy atom. The number of fused-ring (bicyclic) bond motifs is 5. The predicted molar refractivity (Wildman–Crippen MR) is 187 cm³/mol. The summed E-state index contributed by atoms with van der Waals surface area (Å²) in [6, 6.07) is 18.9. The van der Waals surface area contributed by atoms with E-state index < -0.39 is 11.6 Å². The molecule has 9 rings (SSSR count). The van der Waals surface area contributed by atoms with Crippen LogP contribution >= 0.6 is 0 Å². The summed E-state index contributed by atoms with van der Waals surface area (Å²) in [7, 11) is 0. The number of nitriles is 1. The minimum Gasteiger partial charge on any atom is -0.461 e. The average Bonchev–Trinajstić information content (AvgIpc) is 3.81. The molecule has 9 nitrogen and oxygen atoms in total. The van der Waals surface area contributed by atoms with Crippen molar-refractivity contribution in [3.63, 3.8) is 0 Å². The Labute approximate surface area is 293 Å². The summed E-state index contributed by atoms with van der Waals surface area (Å²) < 4.78 is 44.2. The number of carbonyl (C=O) groups excluding carboxylic acids is 1. The third-order valence-corrected chi connectivity index (χ3v) is 11.7. The van der Waals surface area contributed by atoms with Crippen molar-refractivity contribution in [2.45, 2.75) is 44.1 Å². The van der Waals surface area contributed by atoms with Gasteiger partial charge in [0.05, 0.1) is 22.4 Å². The van der Waals surface area contributed by atoms with E-state index >= 15 is 8.78 Å². The monoisotopic (exact) mass is 686 g/mol. The molecular formula is C40H36F2N6O3. The van der Waals surface area contributed by atoms with Gasteiger partial charge in [-0.15, -0.1) is 0 Å². The lowest BCUT2D eigenvalue weighted by Gasteiger charge is -2.38. The summed E-state index contributed by atoms with van der Waals surface area (Å²) in [5, 5.41) is 10.9. The number of para-hydroxylation sites is 1. The van der Waals surface area contributed by atoms with E-state index in [9.17, 15) is 10.1 Å². The number of pyridine rings is 1. The highest BCUT2D eigenvalue weighted by Gasteiger charge is 2.48. The minimum absolute atomic E-state index is 0.00401. The molecule has 3 saturated heterocycles. The van der Waals surface area contributed by atoms with Crippen molar-refractivity contribution in [2.75, 3.05) is 37.7 Å². The summed E-state index contributed by atoms with van der Waals surface area (Å²) in [6.07, 6.45) is 7.52. The number of anilines is 1. The predicted octanol–water partition coefficient (Wildman–Crippen LogP) is 7.07. The first-order valence-corrected chi connectivity index (χ1v) is 17.8. The van der Waals surface area contributed by atoms with E-state index in [1.54, 1.807) is 60.8 Å². The van der Waals surface area contributed by atoms with Crippen LogP contribution in [-0.2, 0) is 4.79 Å². The van der Waals surface area contributed by atoms with E-state index in [2.05, 4.69) is 25.8 Å². The zero-order valence-corrected chi connectivity index (χ0v) is 28.0. The van der Waals surface area contributed by atoms with E-state index in [0.717, 1.165) is 51.6 Å². The van der Waals surface area contributed by atoms with Crippen LogP contribution in [0.15, 0.2) is 66.9 Å². The van der Waals surface area contributed by atoms with Crippen LogP contribution in [0, 0.1) is 40.7 Å². The molecule has 51 heavy (non-hydrogen) atoms. The smallest absolute Gasteiger partial charge is 0.319 e. The summed E-state index contributed by atoms with van der Waals surface area (Å²) in [5.41, 5.74) is 0.651. The molecule has 0 amide bonds. The third kappa shape index (κ3) is 5.35. The molecule has 3 aromatic carbocycles. The fourth-order valence-electron chi connectivity index (χ4n) is 9.27. The van der Waals surface area contributed by atoms with Crippen LogP contribution in [0.25, 0.3) is 32.9 Å². The number of ether oxygens (including phenoxy) is 2. The van der Waals surface area contributed by atoms with Crippen LogP contribution in [0.2, 0.25) is 0 Å². The number of nitrogens with zero attached hydrogens (tertiary/aromatic N) is 6. The van der Waals surface area contributed by atoms with Gasteiger partial charge in [-0.1, -0.05) is 42.5 Å². The Hall–Kier alpha value is -5.21. The first-order chi connectivity index (χ1) is 24.9. The second-order valence-corrected chi connectivity index (χ2v) is 14.4. The number of piperidine rings is 1. The molecule has 3 aliphatic heterocycles. The number of esters is 1. The van der Waals surface area contributed by atoms with E-state index in [-0.39, 0.29) is 52.2 Å². The fraction of sp³-hybridized carbons (Fsp3) is 0.375. The third-order valence-electron chi connectivity index (χ3n) is 11.7. The number of hydrogen-bond donors (Lipinski definition) is 0. The minimum atomic E-state index is -0.670. The van der Waals surface area contributed by atoms with Crippen molar-refractivity contribution in [3.05, 3.63) is 84.1 Å². The van der Waals surface area contributed by atoms with E-state index in [4.69, 9.17) is 14.5 Å². The Kier molecular flexibility index (Phi) is 7.80. The Morgan fingerprint density at radius 2 is 1.71 bits per heavy atom. The van der Waals surface area contributed by atoms with Gasteiger partial charge in [-0.2, -0.15) is 15.2 Å². The molecule has 0 spiro atoms. The zero-order chi connectivity index (χ0) is 34.7. The standard InChI is InChI=1S/C40H36F2N6O3/c41-30-11-4-9-24-8-3-10-28(33(24)30)35-34(42)36-29(20-44-35)37(46-39(45-36)50-23-40-15-5-17-48(40)18-6-16-40)47-21-26-13-14-27(22-47)32(26)38(49)51-31-12-2-1-7-25(31)19-43/h1-4,7-12,20,26-27,32H,5-6,13-18,21-23H2/t26-,27+,32?. The highest BCUT2D eigenvalue weighted by atomic mass is 19.1. The summed E-state index contributed by atoms with van der Waals surface area (Å²) >= 11 is 0. The molecule has 3 atom stereocenters. The maximum atomic E-state index is 16.9. The quantitative estimate of drug-likeness (QED) is 0.131. The van der Waals surface area contributed by atoms with Gasteiger partial charge in [0.2, 0.25) is 0 Å². The van der Waals surface area contributed by atoms with Gasteiger partial charge in [-0.25, -0.2) is 8.78 Å². The zero-order valence-electron chi connectivity index (χ0n) is 28.0. The Morgan fingerprint density at radius 1 is 0.961 bits per heavy atom. The van der Waals surface area contributed by atoms with Crippen LogP contribution in [0.1, 0.15) is 44.1 Å². The second kappa shape index (κ2) is 12.5. The lowest BCUT2D eigenvalue weighted by Crippen LogP contribution is -2.46. The lowest BCUT2D eigenvalue weighted by atomic mass is 9.85. The molecule has 258 valence electrons. The van der Waals surface area contributed by atoms with Crippen LogP contribution in [0.5, 0.6) is 11.8 Å². The molecule has 1 saturated carbocycles. The van der Waals surface area contributed by atoms with Gasteiger partial charge in [0.25, 0.3) is 0 Å². The highest BCUT2D eigenvalue weighted by molar-refractivity contribution is 5.99. The number of halogens is 2. The number of benzene rings is 3. The van der Waals surface area contributed by atoms with Crippen LogP contribution < -0.4 is 14.4 Å². The molecule has 2 bridgehead atoms. The van der Waals surface area contributed by atoms with E-state index in [0.29, 0.717) is 52.8 Å². The highest BCUT2D eigenvalue weighted by Crippen LogP contribution is 2.46. The van der Waals surface area contributed by atoms with Crippen molar-refractivity contribution in [3.8, 4) is 29.1 Å². The maximum absolute atomic E-state index is 16.9. The lowest BCUT2D eigenvalue weighted by molar-refractivity contribution is -0.142. The fourth-order valence-corrected chi connectivity index (χ4v) is 9.27. The maximum Gasteiger partial charge on any atom is 0.319 e. The normalized spacial score (nSPS) is 22.3.